The number of amides is 2. The number of ether oxygens (including phenoxy) is 1. The van der Waals surface area contributed by atoms with Crippen LogP contribution in [0.5, 0.6) is 5.75 Å². The van der Waals surface area contributed by atoms with Gasteiger partial charge in [-0.25, -0.2) is 8.42 Å². The van der Waals surface area contributed by atoms with E-state index in [1.54, 1.807) is 49.6 Å². The van der Waals surface area contributed by atoms with Crippen LogP contribution < -0.4 is 14.4 Å². The first kappa shape index (κ1) is 30.4. The molecule has 0 aliphatic heterocycles. The highest BCUT2D eigenvalue weighted by Crippen LogP contribution is 2.26. The Hall–Kier alpha value is -3.56. The van der Waals surface area contributed by atoms with Gasteiger partial charge in [0.1, 0.15) is 18.3 Å². The van der Waals surface area contributed by atoms with Crippen LogP contribution in [0.25, 0.3) is 0 Å². The Kier molecular flexibility index (Phi) is 10.3. The summed E-state index contributed by atoms with van der Waals surface area (Å²) in [6.45, 7) is 1.46. The van der Waals surface area contributed by atoms with Crippen LogP contribution in [-0.2, 0) is 26.2 Å². The fourth-order valence-corrected chi connectivity index (χ4v) is 6.65. The lowest BCUT2D eigenvalue weighted by Crippen LogP contribution is -2.53. The summed E-state index contributed by atoms with van der Waals surface area (Å²) in [7, 11) is -2.59. The van der Waals surface area contributed by atoms with Crippen molar-refractivity contribution >= 4 is 39.1 Å². The summed E-state index contributed by atoms with van der Waals surface area (Å²) in [5, 5.41) is 3.52. The molecule has 1 aliphatic carbocycles. The van der Waals surface area contributed by atoms with Crippen molar-refractivity contribution in [1.29, 1.82) is 0 Å². The number of hydrogen-bond donors (Lipinski definition) is 1. The molecule has 1 saturated carbocycles. The van der Waals surface area contributed by atoms with E-state index in [0.29, 0.717) is 22.9 Å². The van der Waals surface area contributed by atoms with Crippen LogP contribution in [0.2, 0.25) is 5.02 Å². The average Bonchev–Trinajstić information content (AvgIpc) is 3.49. The molecule has 41 heavy (non-hydrogen) atoms. The van der Waals surface area contributed by atoms with Gasteiger partial charge in [0, 0.05) is 17.6 Å². The van der Waals surface area contributed by atoms with E-state index in [1.807, 2.05) is 19.1 Å². The van der Waals surface area contributed by atoms with Crippen molar-refractivity contribution in [3.05, 3.63) is 89.4 Å². The van der Waals surface area contributed by atoms with E-state index in [0.717, 1.165) is 35.6 Å². The Bertz CT molecular complexity index is 1430. The quantitative estimate of drug-likeness (QED) is 0.301. The molecule has 0 bridgehead atoms. The normalized spacial score (nSPS) is 14.3. The number of halogens is 1. The summed E-state index contributed by atoms with van der Waals surface area (Å²) in [5.41, 5.74) is 1.09. The molecule has 3 aromatic carbocycles. The van der Waals surface area contributed by atoms with Crippen LogP contribution in [0.15, 0.2) is 83.8 Å². The molecule has 1 N–H and O–H groups in total. The Morgan fingerprint density at radius 3 is 2.32 bits per heavy atom. The first-order valence-corrected chi connectivity index (χ1v) is 15.6. The molecule has 0 heterocycles. The lowest BCUT2D eigenvalue weighted by atomic mass is 10.1. The molecule has 1 fully saturated rings. The molecule has 0 spiro atoms. The zero-order valence-corrected chi connectivity index (χ0v) is 24.9. The van der Waals surface area contributed by atoms with Crippen LogP contribution in [-0.4, -0.2) is 50.9 Å². The first-order chi connectivity index (χ1) is 19.7. The number of hydrogen-bond acceptors (Lipinski definition) is 5. The minimum absolute atomic E-state index is 0.00363. The third kappa shape index (κ3) is 7.59. The van der Waals surface area contributed by atoms with Gasteiger partial charge < -0.3 is 15.0 Å². The Labute approximate surface area is 247 Å². The Balaban J connectivity index is 1.70. The van der Waals surface area contributed by atoms with Crippen LogP contribution in [0.1, 0.15) is 44.6 Å². The van der Waals surface area contributed by atoms with Crippen molar-refractivity contribution in [2.45, 2.75) is 62.6 Å². The molecule has 4 rings (SSSR count). The summed E-state index contributed by atoms with van der Waals surface area (Å²) < 4.78 is 34.2. The number of carbonyl (C=O) groups is 2. The molecular formula is C31H36ClN3O5S. The number of para-hydroxylation sites is 1. The summed E-state index contributed by atoms with van der Waals surface area (Å²) in [4.78, 5) is 29.2. The van der Waals surface area contributed by atoms with Gasteiger partial charge in [0.25, 0.3) is 10.0 Å². The van der Waals surface area contributed by atoms with Crippen LogP contribution in [0.4, 0.5) is 5.69 Å². The second-order valence-electron chi connectivity index (χ2n) is 10.1. The average molecular weight is 598 g/mol. The zero-order chi connectivity index (χ0) is 29.4. The minimum Gasteiger partial charge on any atom is -0.497 e. The maximum atomic E-state index is 14.1. The lowest BCUT2D eigenvalue weighted by Gasteiger charge is -2.33. The topological polar surface area (TPSA) is 96.0 Å². The predicted octanol–water partition coefficient (Wildman–Crippen LogP) is 5.41. The Morgan fingerprint density at radius 1 is 1.00 bits per heavy atom. The molecule has 1 aliphatic rings. The first-order valence-electron chi connectivity index (χ1n) is 13.8. The van der Waals surface area contributed by atoms with E-state index < -0.39 is 28.5 Å². The Morgan fingerprint density at radius 2 is 1.68 bits per heavy atom. The number of carbonyl (C=O) groups excluding carboxylic acids is 2. The second-order valence-corrected chi connectivity index (χ2v) is 12.4. The maximum Gasteiger partial charge on any atom is 0.264 e. The number of sulfonamides is 1. The summed E-state index contributed by atoms with van der Waals surface area (Å²) in [6.07, 6.45) is 4.30. The highest BCUT2D eigenvalue weighted by Gasteiger charge is 2.34. The van der Waals surface area contributed by atoms with Gasteiger partial charge in [0.15, 0.2) is 0 Å². The molecule has 218 valence electrons. The van der Waals surface area contributed by atoms with Crippen molar-refractivity contribution in [1.82, 2.24) is 10.2 Å². The van der Waals surface area contributed by atoms with Crippen molar-refractivity contribution in [2.24, 2.45) is 0 Å². The predicted molar refractivity (Wildman–Crippen MR) is 160 cm³/mol. The van der Waals surface area contributed by atoms with Crippen molar-refractivity contribution in [2.75, 3.05) is 18.0 Å². The molecule has 0 aromatic heterocycles. The standard InChI is InChI=1S/C31H36ClN3O5S/c1-3-29(31(37)33-25-11-7-8-12-25)34(21-23-10-9-15-27(20-23)40-2)30(36)22-35(26-13-5-4-6-14-26)41(38,39)28-18-16-24(32)17-19-28/h4-6,9-10,13-20,25,29H,3,7-8,11-12,21-22H2,1-2H3,(H,33,37). The van der Waals surface area contributed by atoms with E-state index in [1.165, 1.54) is 29.2 Å². The van der Waals surface area contributed by atoms with Gasteiger partial charge >= 0.3 is 0 Å². The molecule has 8 nitrogen and oxygen atoms in total. The molecule has 1 unspecified atom stereocenters. The van der Waals surface area contributed by atoms with Gasteiger partial charge in [-0.1, -0.05) is 61.7 Å². The minimum atomic E-state index is -4.15. The van der Waals surface area contributed by atoms with Gasteiger partial charge in [0.2, 0.25) is 11.8 Å². The van der Waals surface area contributed by atoms with Crippen LogP contribution in [0, 0.1) is 0 Å². The molecule has 0 saturated heterocycles. The monoisotopic (exact) mass is 597 g/mol. The summed E-state index contributed by atoms with van der Waals surface area (Å²) in [5.74, 6) is -0.111. The van der Waals surface area contributed by atoms with Crippen molar-refractivity contribution in [3.8, 4) is 5.75 Å². The van der Waals surface area contributed by atoms with E-state index in [2.05, 4.69) is 5.32 Å². The highest BCUT2D eigenvalue weighted by molar-refractivity contribution is 7.92. The maximum absolute atomic E-state index is 14.1. The highest BCUT2D eigenvalue weighted by atomic mass is 35.5. The fourth-order valence-electron chi connectivity index (χ4n) is 5.11. The molecule has 10 heteroatoms. The smallest absolute Gasteiger partial charge is 0.264 e. The fraction of sp³-hybridized carbons (Fsp3) is 0.355. The van der Waals surface area contributed by atoms with Gasteiger partial charge in [-0.15, -0.1) is 0 Å². The number of nitrogens with one attached hydrogen (secondary N) is 1. The van der Waals surface area contributed by atoms with E-state index in [4.69, 9.17) is 16.3 Å². The number of benzene rings is 3. The lowest BCUT2D eigenvalue weighted by molar-refractivity contribution is -0.140. The number of rotatable bonds is 12. The third-order valence-corrected chi connectivity index (χ3v) is 9.34. The van der Waals surface area contributed by atoms with Crippen LogP contribution >= 0.6 is 11.6 Å². The van der Waals surface area contributed by atoms with E-state index >= 15 is 0 Å². The van der Waals surface area contributed by atoms with E-state index in [-0.39, 0.29) is 23.4 Å². The number of methoxy groups -OCH3 is 1. The van der Waals surface area contributed by atoms with Gasteiger partial charge in [-0.3, -0.25) is 13.9 Å². The third-order valence-electron chi connectivity index (χ3n) is 7.30. The van der Waals surface area contributed by atoms with E-state index in [9.17, 15) is 18.0 Å². The largest absolute Gasteiger partial charge is 0.497 e. The molecule has 1 atom stereocenters. The van der Waals surface area contributed by atoms with Crippen LogP contribution in [0.3, 0.4) is 0 Å². The van der Waals surface area contributed by atoms with Gasteiger partial charge in [-0.05, 0) is 73.4 Å². The second kappa shape index (κ2) is 13.9. The molecular weight excluding hydrogens is 562 g/mol. The number of nitrogens with zero attached hydrogens (tertiary/aromatic N) is 2. The summed E-state index contributed by atoms with van der Waals surface area (Å²) >= 11 is 6.01. The SMILES string of the molecule is CCC(C(=O)NC1CCCC1)N(Cc1cccc(OC)c1)C(=O)CN(c1ccccc1)S(=O)(=O)c1ccc(Cl)cc1. The molecule has 3 aromatic rings. The molecule has 2 amide bonds. The van der Waals surface area contributed by atoms with Gasteiger partial charge in [0.05, 0.1) is 17.7 Å². The van der Waals surface area contributed by atoms with Crippen molar-refractivity contribution < 1.29 is 22.7 Å². The number of anilines is 1. The zero-order valence-electron chi connectivity index (χ0n) is 23.3. The summed E-state index contributed by atoms with van der Waals surface area (Å²) in [6, 6.07) is 20.8. The van der Waals surface area contributed by atoms with Crippen molar-refractivity contribution in [3.63, 3.8) is 0 Å². The van der Waals surface area contributed by atoms with Gasteiger partial charge in [-0.2, -0.15) is 0 Å². The molecule has 0 radical (unpaired) electrons.